The van der Waals surface area contributed by atoms with Gasteiger partial charge in [-0.05, 0) is 60.0 Å². The van der Waals surface area contributed by atoms with E-state index in [1.165, 1.54) is 12.1 Å². The number of carboxylic acid groups (broad SMARTS) is 1. The van der Waals surface area contributed by atoms with Crippen molar-refractivity contribution in [3.8, 4) is 17.2 Å². The summed E-state index contributed by atoms with van der Waals surface area (Å²) in [7, 11) is 0. The molecule has 0 aliphatic heterocycles. The molecule has 0 spiro atoms. The third-order valence-electron chi connectivity index (χ3n) is 4.69. The Bertz CT molecular complexity index is 1100. The number of alkyl halides is 3. The molecule has 0 amide bonds. The number of ether oxygens (including phenoxy) is 2. The molecule has 0 aromatic heterocycles. The highest BCUT2D eigenvalue weighted by atomic mass is 19.4. The Hall–Kier alpha value is -3.74. The van der Waals surface area contributed by atoms with E-state index in [-0.39, 0.29) is 13.0 Å². The smallest absolute Gasteiger partial charge is 0.416 e. The quantitative estimate of drug-likeness (QED) is 0.431. The Morgan fingerprint density at radius 1 is 0.938 bits per heavy atom. The number of aliphatic carboxylic acids is 1. The predicted molar refractivity (Wildman–Crippen MR) is 115 cm³/mol. The zero-order valence-electron chi connectivity index (χ0n) is 17.2. The van der Waals surface area contributed by atoms with Gasteiger partial charge in [-0.2, -0.15) is 13.2 Å². The first-order valence-corrected chi connectivity index (χ1v) is 9.78. The highest BCUT2D eigenvalue weighted by Gasteiger charge is 2.29. The van der Waals surface area contributed by atoms with Crippen molar-refractivity contribution in [1.82, 2.24) is 0 Å². The van der Waals surface area contributed by atoms with Gasteiger partial charge in [-0.25, -0.2) is 0 Å². The van der Waals surface area contributed by atoms with E-state index in [0.717, 1.165) is 17.7 Å². The molecular formula is C25H21F3O4. The molecule has 0 saturated carbocycles. The largest absolute Gasteiger partial charge is 0.486 e. The Morgan fingerprint density at radius 3 is 2.25 bits per heavy atom. The molecule has 3 rings (SSSR count). The van der Waals surface area contributed by atoms with Gasteiger partial charge in [0.1, 0.15) is 12.4 Å². The van der Waals surface area contributed by atoms with E-state index < -0.39 is 17.7 Å². The first kappa shape index (κ1) is 22.9. The fourth-order valence-electron chi connectivity index (χ4n) is 3.00. The van der Waals surface area contributed by atoms with Crippen LogP contribution in [0, 0.1) is 6.92 Å². The molecule has 4 nitrogen and oxygen atoms in total. The molecule has 1 N–H and O–H groups in total. The number of halogens is 3. The summed E-state index contributed by atoms with van der Waals surface area (Å²) in [5.41, 5.74) is 1.32. The fraction of sp³-hybridized carbons (Fsp3) is 0.160. The van der Waals surface area contributed by atoms with Crippen molar-refractivity contribution < 1.29 is 32.5 Å². The second-order valence-corrected chi connectivity index (χ2v) is 6.99. The number of hydrogen-bond acceptors (Lipinski definition) is 3. The molecule has 0 unspecified atom stereocenters. The van der Waals surface area contributed by atoms with Crippen LogP contribution in [0.4, 0.5) is 13.2 Å². The van der Waals surface area contributed by atoms with Crippen LogP contribution in [0.1, 0.15) is 22.3 Å². The van der Waals surface area contributed by atoms with Crippen LogP contribution in [0.2, 0.25) is 0 Å². The van der Waals surface area contributed by atoms with Crippen molar-refractivity contribution in [3.63, 3.8) is 0 Å². The molecule has 0 aliphatic carbocycles. The summed E-state index contributed by atoms with van der Waals surface area (Å²) in [5.74, 6) is 0.549. The molecule has 0 radical (unpaired) electrons. The van der Waals surface area contributed by atoms with Gasteiger partial charge in [-0.3, -0.25) is 4.79 Å². The summed E-state index contributed by atoms with van der Waals surface area (Å²) in [5, 5.41) is 9.05. The Balaban J connectivity index is 1.66. The van der Waals surface area contributed by atoms with Gasteiger partial charge in [0.2, 0.25) is 0 Å². The first-order valence-electron chi connectivity index (χ1n) is 9.78. The Morgan fingerprint density at radius 2 is 1.59 bits per heavy atom. The van der Waals surface area contributed by atoms with Crippen LogP contribution >= 0.6 is 0 Å². The molecule has 3 aromatic rings. The second kappa shape index (κ2) is 10.0. The lowest BCUT2D eigenvalue weighted by Crippen LogP contribution is -2.04. The SMILES string of the molecule is Cc1c(CC(=O)O)cccc1Oc1ccccc1OCC=Cc1ccc(C(F)(F)F)cc1. The Kier molecular flexibility index (Phi) is 7.20. The third kappa shape index (κ3) is 6.14. The van der Waals surface area contributed by atoms with Crippen LogP contribution in [0.5, 0.6) is 17.2 Å². The molecule has 0 aliphatic rings. The summed E-state index contributed by atoms with van der Waals surface area (Å²) >= 11 is 0. The van der Waals surface area contributed by atoms with Gasteiger partial charge in [-0.1, -0.05) is 42.5 Å². The maximum atomic E-state index is 12.6. The van der Waals surface area contributed by atoms with Gasteiger partial charge < -0.3 is 14.6 Å². The molecule has 0 saturated heterocycles. The highest BCUT2D eigenvalue weighted by molar-refractivity contribution is 5.71. The monoisotopic (exact) mass is 442 g/mol. The van der Waals surface area contributed by atoms with Gasteiger partial charge in [0.05, 0.1) is 12.0 Å². The van der Waals surface area contributed by atoms with E-state index in [4.69, 9.17) is 14.6 Å². The van der Waals surface area contributed by atoms with Crippen LogP contribution in [0.15, 0.2) is 72.8 Å². The lowest BCUT2D eigenvalue weighted by atomic mass is 10.1. The van der Waals surface area contributed by atoms with Crippen molar-refractivity contribution in [1.29, 1.82) is 0 Å². The molecule has 166 valence electrons. The minimum atomic E-state index is -4.36. The van der Waals surface area contributed by atoms with Crippen LogP contribution in [-0.2, 0) is 17.4 Å². The van der Waals surface area contributed by atoms with Crippen molar-refractivity contribution >= 4 is 12.0 Å². The molecular weight excluding hydrogens is 421 g/mol. The van der Waals surface area contributed by atoms with Gasteiger partial charge in [0, 0.05) is 0 Å². The van der Waals surface area contributed by atoms with Crippen LogP contribution < -0.4 is 9.47 Å². The van der Waals surface area contributed by atoms with E-state index >= 15 is 0 Å². The number of rotatable bonds is 8. The number of carboxylic acids is 1. The van der Waals surface area contributed by atoms with E-state index in [9.17, 15) is 18.0 Å². The number of benzene rings is 3. The van der Waals surface area contributed by atoms with Crippen molar-refractivity contribution in [3.05, 3.63) is 95.1 Å². The van der Waals surface area contributed by atoms with E-state index in [0.29, 0.717) is 28.4 Å². The highest BCUT2D eigenvalue weighted by Crippen LogP contribution is 2.34. The zero-order chi connectivity index (χ0) is 23.1. The van der Waals surface area contributed by atoms with Crippen molar-refractivity contribution in [2.24, 2.45) is 0 Å². The molecule has 32 heavy (non-hydrogen) atoms. The summed E-state index contributed by atoms with van der Waals surface area (Å²) in [6.45, 7) is 1.98. The van der Waals surface area contributed by atoms with Crippen molar-refractivity contribution in [2.75, 3.05) is 6.61 Å². The van der Waals surface area contributed by atoms with Crippen molar-refractivity contribution in [2.45, 2.75) is 19.5 Å². The van der Waals surface area contributed by atoms with E-state index in [1.807, 2.05) is 0 Å². The lowest BCUT2D eigenvalue weighted by Gasteiger charge is -2.14. The van der Waals surface area contributed by atoms with Crippen LogP contribution in [0.3, 0.4) is 0 Å². The molecule has 0 bridgehead atoms. The average molecular weight is 442 g/mol. The normalized spacial score (nSPS) is 11.5. The summed E-state index contributed by atoms with van der Waals surface area (Å²) in [4.78, 5) is 11.0. The van der Waals surface area contributed by atoms with Crippen LogP contribution in [0.25, 0.3) is 6.08 Å². The van der Waals surface area contributed by atoms with Gasteiger partial charge in [0.25, 0.3) is 0 Å². The number of hydrogen-bond donors (Lipinski definition) is 1. The Labute approximate surface area is 183 Å². The zero-order valence-corrected chi connectivity index (χ0v) is 17.2. The predicted octanol–water partition coefficient (Wildman–Crippen LogP) is 6.53. The van der Waals surface area contributed by atoms with Gasteiger partial charge in [-0.15, -0.1) is 0 Å². The minimum Gasteiger partial charge on any atom is -0.486 e. The molecule has 0 heterocycles. The van der Waals surface area contributed by atoms with Gasteiger partial charge >= 0.3 is 12.1 Å². The van der Waals surface area contributed by atoms with Crippen LogP contribution in [-0.4, -0.2) is 17.7 Å². The average Bonchev–Trinajstić information content (AvgIpc) is 2.74. The minimum absolute atomic E-state index is 0.101. The molecule has 0 atom stereocenters. The summed E-state index contributed by atoms with van der Waals surface area (Å²) in [6, 6.07) is 17.1. The van der Waals surface area contributed by atoms with E-state index in [2.05, 4.69) is 0 Å². The second-order valence-electron chi connectivity index (χ2n) is 6.99. The first-order chi connectivity index (χ1) is 15.2. The topological polar surface area (TPSA) is 55.8 Å². The summed E-state index contributed by atoms with van der Waals surface area (Å²) in [6.07, 6.45) is -1.10. The maximum absolute atomic E-state index is 12.6. The lowest BCUT2D eigenvalue weighted by molar-refractivity contribution is -0.138. The molecule has 3 aromatic carbocycles. The summed E-state index contributed by atoms with van der Waals surface area (Å²) < 4.78 is 49.6. The maximum Gasteiger partial charge on any atom is 0.416 e. The number of para-hydroxylation sites is 2. The molecule has 0 fully saturated rings. The third-order valence-corrected chi connectivity index (χ3v) is 4.69. The standard InChI is InChI=1S/C25H21F3O4/c1-17-19(16-24(29)30)7-4-10-21(17)32-23-9-3-2-8-22(23)31-15-5-6-18-11-13-20(14-12-18)25(26,27)28/h2-14H,15-16H2,1H3,(H,29,30). The van der Waals surface area contributed by atoms with Gasteiger partial charge in [0.15, 0.2) is 11.5 Å². The fourth-order valence-corrected chi connectivity index (χ4v) is 3.00. The molecule has 7 heteroatoms. The number of carbonyl (C=O) groups is 1. The van der Waals surface area contributed by atoms with E-state index in [1.54, 1.807) is 61.5 Å².